The van der Waals surface area contributed by atoms with E-state index in [9.17, 15) is 9.18 Å². The first kappa shape index (κ1) is 19.9. The van der Waals surface area contributed by atoms with Crippen LogP contribution < -0.4 is 5.32 Å². The maximum atomic E-state index is 12.9. The van der Waals surface area contributed by atoms with Gasteiger partial charge in [0.05, 0.1) is 7.11 Å². The summed E-state index contributed by atoms with van der Waals surface area (Å²) in [5.74, 6) is 0.445. The number of ether oxygens (including phenoxy) is 1. The lowest BCUT2D eigenvalue weighted by atomic mass is 10.1. The van der Waals surface area contributed by atoms with E-state index in [4.69, 9.17) is 0 Å². The van der Waals surface area contributed by atoms with Crippen LogP contribution in [0.2, 0.25) is 0 Å². The molecule has 0 aromatic heterocycles. The summed E-state index contributed by atoms with van der Waals surface area (Å²) in [5.41, 5.74) is 1.03. The van der Waals surface area contributed by atoms with Crippen LogP contribution in [-0.2, 0) is 16.1 Å². The third-order valence-corrected chi connectivity index (χ3v) is 3.72. The van der Waals surface area contributed by atoms with Gasteiger partial charge in [0.2, 0.25) is 0 Å². The average Bonchev–Trinajstić information content (AvgIpc) is 2.59. The van der Waals surface area contributed by atoms with Crippen LogP contribution in [0.1, 0.15) is 37.7 Å². The standard InChI is InChI=1S/C18H28FN3O2/c1-20-18(21-13-7-5-4-6-8-17(23)24-3)22(2)14-15-9-11-16(19)12-10-15/h9-12H,4-8,13-14H2,1-3H3,(H,20,21). The molecule has 0 unspecified atom stereocenters. The number of nitrogens with one attached hydrogen (secondary N) is 1. The molecule has 0 atom stereocenters. The van der Waals surface area contributed by atoms with Gasteiger partial charge in [-0.2, -0.15) is 0 Å². The van der Waals surface area contributed by atoms with Crippen LogP contribution >= 0.6 is 0 Å². The first-order valence-electron chi connectivity index (χ1n) is 8.30. The van der Waals surface area contributed by atoms with Gasteiger partial charge in [-0.05, 0) is 30.5 Å². The van der Waals surface area contributed by atoms with Crippen molar-refractivity contribution in [2.24, 2.45) is 4.99 Å². The van der Waals surface area contributed by atoms with Crippen molar-refractivity contribution in [3.63, 3.8) is 0 Å². The van der Waals surface area contributed by atoms with E-state index in [1.807, 2.05) is 11.9 Å². The molecule has 0 aliphatic carbocycles. The molecule has 1 rings (SSSR count). The number of hydrogen-bond acceptors (Lipinski definition) is 3. The summed E-state index contributed by atoms with van der Waals surface area (Å²) in [4.78, 5) is 17.3. The van der Waals surface area contributed by atoms with Crippen LogP contribution in [-0.4, -0.2) is 44.6 Å². The quantitative estimate of drug-likeness (QED) is 0.326. The molecular weight excluding hydrogens is 309 g/mol. The molecule has 0 bridgehead atoms. The molecule has 134 valence electrons. The van der Waals surface area contributed by atoms with Gasteiger partial charge in [0.25, 0.3) is 0 Å². The fourth-order valence-electron chi connectivity index (χ4n) is 2.37. The number of benzene rings is 1. The van der Waals surface area contributed by atoms with Gasteiger partial charge in [-0.25, -0.2) is 4.39 Å². The summed E-state index contributed by atoms with van der Waals surface area (Å²) in [6.07, 6.45) is 4.45. The third kappa shape index (κ3) is 7.94. The molecule has 5 nitrogen and oxygen atoms in total. The van der Waals surface area contributed by atoms with E-state index in [2.05, 4.69) is 15.0 Å². The maximum absolute atomic E-state index is 12.9. The first-order chi connectivity index (χ1) is 11.6. The normalized spacial score (nSPS) is 11.2. The number of guanidine groups is 1. The largest absolute Gasteiger partial charge is 0.469 e. The Bertz CT molecular complexity index is 518. The number of unbranched alkanes of at least 4 members (excludes halogenated alkanes) is 3. The van der Waals surface area contributed by atoms with Crippen LogP contribution in [0.3, 0.4) is 0 Å². The minimum atomic E-state index is -0.226. The first-order valence-corrected chi connectivity index (χ1v) is 8.30. The van der Waals surface area contributed by atoms with E-state index in [0.717, 1.165) is 43.8 Å². The molecule has 0 aliphatic rings. The lowest BCUT2D eigenvalue weighted by molar-refractivity contribution is -0.140. The summed E-state index contributed by atoms with van der Waals surface area (Å²) in [6.45, 7) is 1.50. The van der Waals surface area contributed by atoms with Crippen molar-refractivity contribution in [1.82, 2.24) is 10.2 Å². The van der Waals surface area contributed by atoms with Crippen molar-refractivity contribution in [3.05, 3.63) is 35.6 Å². The Balaban J connectivity index is 2.22. The van der Waals surface area contributed by atoms with Gasteiger partial charge < -0.3 is 15.0 Å². The highest BCUT2D eigenvalue weighted by atomic mass is 19.1. The highest BCUT2D eigenvalue weighted by molar-refractivity contribution is 5.79. The Labute approximate surface area is 143 Å². The van der Waals surface area contributed by atoms with Gasteiger partial charge in [-0.1, -0.05) is 25.0 Å². The summed E-state index contributed by atoms with van der Waals surface area (Å²) in [5, 5.41) is 3.32. The summed E-state index contributed by atoms with van der Waals surface area (Å²) in [6, 6.07) is 6.49. The third-order valence-electron chi connectivity index (χ3n) is 3.72. The second kappa shape index (κ2) is 11.4. The van der Waals surface area contributed by atoms with Crippen molar-refractivity contribution in [2.45, 2.75) is 38.6 Å². The second-order valence-electron chi connectivity index (χ2n) is 5.70. The van der Waals surface area contributed by atoms with E-state index < -0.39 is 0 Å². The zero-order chi connectivity index (χ0) is 17.8. The average molecular weight is 337 g/mol. The Hall–Kier alpha value is -2.11. The molecule has 0 spiro atoms. The van der Waals surface area contributed by atoms with Crippen LogP contribution in [0, 0.1) is 5.82 Å². The second-order valence-corrected chi connectivity index (χ2v) is 5.70. The molecule has 1 aromatic carbocycles. The molecule has 0 fully saturated rings. The van der Waals surface area contributed by atoms with Gasteiger partial charge >= 0.3 is 5.97 Å². The highest BCUT2D eigenvalue weighted by Crippen LogP contribution is 2.06. The molecule has 0 saturated carbocycles. The Morgan fingerprint density at radius 1 is 1.21 bits per heavy atom. The predicted octanol–water partition coefficient (Wildman–Crippen LogP) is 2.96. The zero-order valence-electron chi connectivity index (χ0n) is 14.8. The van der Waals surface area contributed by atoms with Crippen molar-refractivity contribution in [2.75, 3.05) is 27.7 Å². The van der Waals surface area contributed by atoms with E-state index in [0.29, 0.717) is 13.0 Å². The Morgan fingerprint density at radius 3 is 2.50 bits per heavy atom. The van der Waals surface area contributed by atoms with Crippen molar-refractivity contribution >= 4 is 11.9 Å². The minimum Gasteiger partial charge on any atom is -0.469 e. The van der Waals surface area contributed by atoms with Crippen LogP contribution in [0.15, 0.2) is 29.3 Å². The van der Waals surface area contributed by atoms with E-state index in [1.54, 1.807) is 19.2 Å². The number of hydrogen-bond donors (Lipinski definition) is 1. The molecular formula is C18H28FN3O2. The monoisotopic (exact) mass is 337 g/mol. The minimum absolute atomic E-state index is 0.143. The topological polar surface area (TPSA) is 53.9 Å². The Morgan fingerprint density at radius 2 is 1.88 bits per heavy atom. The van der Waals surface area contributed by atoms with Crippen LogP contribution in [0.25, 0.3) is 0 Å². The summed E-state index contributed by atoms with van der Waals surface area (Å²) in [7, 11) is 5.12. The number of nitrogens with zero attached hydrogens (tertiary/aromatic N) is 2. The predicted molar refractivity (Wildman–Crippen MR) is 94.3 cm³/mol. The molecule has 0 saturated heterocycles. The molecule has 24 heavy (non-hydrogen) atoms. The number of carbonyl (C=O) groups excluding carboxylic acids is 1. The number of methoxy groups -OCH3 is 1. The fourth-order valence-corrected chi connectivity index (χ4v) is 2.37. The van der Waals surface area contributed by atoms with Crippen molar-refractivity contribution in [3.8, 4) is 0 Å². The summed E-state index contributed by atoms with van der Waals surface area (Å²) >= 11 is 0. The Kier molecular flexibility index (Phi) is 9.49. The number of carbonyl (C=O) groups is 1. The van der Waals surface area contributed by atoms with Crippen LogP contribution in [0.5, 0.6) is 0 Å². The van der Waals surface area contributed by atoms with Gasteiger partial charge in [-0.15, -0.1) is 0 Å². The smallest absolute Gasteiger partial charge is 0.305 e. The maximum Gasteiger partial charge on any atom is 0.305 e. The fraction of sp³-hybridized carbons (Fsp3) is 0.556. The van der Waals surface area contributed by atoms with E-state index >= 15 is 0 Å². The molecule has 1 N–H and O–H groups in total. The number of esters is 1. The van der Waals surface area contributed by atoms with Crippen molar-refractivity contribution in [1.29, 1.82) is 0 Å². The summed E-state index contributed by atoms with van der Waals surface area (Å²) < 4.78 is 17.5. The zero-order valence-corrected chi connectivity index (χ0v) is 14.8. The van der Waals surface area contributed by atoms with Gasteiger partial charge in [0, 0.05) is 33.6 Å². The van der Waals surface area contributed by atoms with Crippen LogP contribution in [0.4, 0.5) is 4.39 Å². The van der Waals surface area contributed by atoms with Crippen molar-refractivity contribution < 1.29 is 13.9 Å². The molecule has 0 amide bonds. The number of aliphatic imine (C=N–C) groups is 1. The SMILES string of the molecule is CN=C(NCCCCCCC(=O)OC)N(C)Cc1ccc(F)cc1. The lowest BCUT2D eigenvalue weighted by Gasteiger charge is -2.22. The van der Waals surface area contributed by atoms with Gasteiger partial charge in [0.1, 0.15) is 5.82 Å². The lowest BCUT2D eigenvalue weighted by Crippen LogP contribution is -2.38. The van der Waals surface area contributed by atoms with Gasteiger partial charge in [-0.3, -0.25) is 9.79 Å². The number of rotatable bonds is 9. The van der Waals surface area contributed by atoms with E-state index in [1.165, 1.54) is 19.2 Å². The number of halogens is 1. The molecule has 0 aliphatic heterocycles. The molecule has 6 heteroatoms. The van der Waals surface area contributed by atoms with E-state index in [-0.39, 0.29) is 11.8 Å². The van der Waals surface area contributed by atoms with Gasteiger partial charge in [0.15, 0.2) is 5.96 Å². The molecule has 1 aromatic rings. The highest BCUT2D eigenvalue weighted by Gasteiger charge is 2.06. The molecule has 0 radical (unpaired) electrons. The molecule has 0 heterocycles.